The van der Waals surface area contributed by atoms with E-state index in [2.05, 4.69) is 0 Å². The predicted molar refractivity (Wildman–Crippen MR) is 31.2 cm³/mol. The largest absolute Gasteiger partial charge is 0.507 e. The number of rotatable bonds is 4. The number of hydrogen-bond donors (Lipinski definition) is 1. The molecule has 0 aliphatic carbocycles. The maximum Gasteiger partial charge on any atom is 0.507 e. The second kappa shape index (κ2) is 5.16. The molecule has 0 aromatic rings. The van der Waals surface area contributed by atoms with Gasteiger partial charge in [0.2, 0.25) is 6.16 Å². The van der Waals surface area contributed by atoms with Gasteiger partial charge in [-0.3, -0.25) is 0 Å². The maximum absolute atomic E-state index is 9.94. The molecule has 0 spiro atoms. The molecule has 0 aromatic heterocycles. The van der Waals surface area contributed by atoms with E-state index in [0.717, 1.165) is 0 Å². The minimum atomic E-state index is -1.99. The molecule has 0 saturated heterocycles. The van der Waals surface area contributed by atoms with Gasteiger partial charge in [-0.2, -0.15) is 4.89 Å². The first-order valence-electron chi connectivity index (χ1n) is 2.48. The van der Waals surface area contributed by atoms with E-state index in [-0.39, 0.29) is 6.16 Å². The molecule has 48 valence electrons. The molecule has 0 bridgehead atoms. The van der Waals surface area contributed by atoms with Crippen LogP contribution in [0.4, 0.5) is 0 Å². The van der Waals surface area contributed by atoms with Crippen LogP contribution in [0.2, 0.25) is 0 Å². The van der Waals surface area contributed by atoms with Crippen molar-refractivity contribution < 1.29 is 14.2 Å². The van der Waals surface area contributed by atoms with Gasteiger partial charge in [-0.1, -0.05) is 0 Å². The predicted octanol–water partition coefficient (Wildman–Crippen LogP) is 0.758. The molecule has 8 heavy (non-hydrogen) atoms. The van der Waals surface area contributed by atoms with Crippen LogP contribution in [-0.2, 0) is 9.30 Å². The molecule has 1 N–H and O–H groups in total. The lowest BCUT2D eigenvalue weighted by Gasteiger charge is -1.88. The van der Waals surface area contributed by atoms with Gasteiger partial charge in [0.1, 0.15) is 0 Å². The second-order valence-corrected chi connectivity index (χ2v) is 2.42. The van der Waals surface area contributed by atoms with E-state index in [1.807, 2.05) is 6.92 Å². The standard InChI is InChI=1S/C4H9O3P/c1-2-7-3-4-8(5)6/h2-4H2,1H3/p+1. The molecule has 0 saturated carbocycles. The molecule has 1 unspecified atom stereocenters. The van der Waals surface area contributed by atoms with Crippen molar-refractivity contribution in [3.8, 4) is 0 Å². The molecule has 1 atom stereocenters. The fourth-order valence-electron chi connectivity index (χ4n) is 0.287. The Hall–Kier alpha value is 0.0200. The summed E-state index contributed by atoms with van der Waals surface area (Å²) in [6.45, 7) is 2.86. The zero-order valence-electron chi connectivity index (χ0n) is 4.83. The van der Waals surface area contributed by atoms with E-state index < -0.39 is 8.03 Å². The lowest BCUT2D eigenvalue weighted by atomic mass is 10.8. The van der Waals surface area contributed by atoms with Crippen LogP contribution in [0, 0.1) is 0 Å². The second-order valence-electron chi connectivity index (χ2n) is 1.27. The first-order chi connectivity index (χ1) is 3.77. The van der Waals surface area contributed by atoms with Gasteiger partial charge in [-0.15, -0.1) is 0 Å². The minimum absolute atomic E-state index is 0.253. The Bertz CT molecular complexity index is 73.7. The first kappa shape index (κ1) is 8.02. The molecule has 0 rings (SSSR count). The van der Waals surface area contributed by atoms with E-state index >= 15 is 0 Å². The van der Waals surface area contributed by atoms with Crippen LogP contribution in [0.25, 0.3) is 0 Å². The van der Waals surface area contributed by atoms with Crippen molar-refractivity contribution >= 4 is 8.03 Å². The highest BCUT2D eigenvalue weighted by molar-refractivity contribution is 7.38. The van der Waals surface area contributed by atoms with Crippen LogP contribution in [0.3, 0.4) is 0 Å². The molecule has 0 amide bonds. The van der Waals surface area contributed by atoms with Crippen LogP contribution >= 0.6 is 8.03 Å². The maximum atomic E-state index is 9.94. The zero-order chi connectivity index (χ0) is 6.41. The van der Waals surface area contributed by atoms with Crippen molar-refractivity contribution in [2.24, 2.45) is 0 Å². The lowest BCUT2D eigenvalue weighted by molar-refractivity contribution is 0.162. The third kappa shape index (κ3) is 6.02. The Kier molecular flexibility index (Phi) is 5.18. The molecule has 4 heteroatoms. The summed E-state index contributed by atoms with van der Waals surface area (Å²) in [6, 6.07) is 0. The molecule has 3 nitrogen and oxygen atoms in total. The summed E-state index contributed by atoms with van der Waals surface area (Å²) in [5, 5.41) is 0. The Morgan fingerprint density at radius 2 is 2.38 bits per heavy atom. The fourth-order valence-corrected chi connectivity index (χ4v) is 0.572. The Morgan fingerprint density at radius 1 is 1.75 bits per heavy atom. The Balaban J connectivity index is 2.82. The molecule has 0 aliphatic rings. The van der Waals surface area contributed by atoms with Gasteiger partial charge in [0.05, 0.1) is 6.61 Å². The zero-order valence-corrected chi connectivity index (χ0v) is 5.73. The number of hydrogen-bond acceptors (Lipinski definition) is 2. The van der Waals surface area contributed by atoms with Gasteiger partial charge in [0, 0.05) is 6.61 Å². The molecule has 0 aromatic carbocycles. The van der Waals surface area contributed by atoms with Crippen LogP contribution < -0.4 is 0 Å². The highest BCUT2D eigenvalue weighted by Crippen LogP contribution is 2.10. The average molecular weight is 137 g/mol. The van der Waals surface area contributed by atoms with Crippen LogP contribution in [-0.4, -0.2) is 24.3 Å². The van der Waals surface area contributed by atoms with E-state index in [9.17, 15) is 4.57 Å². The Morgan fingerprint density at radius 3 is 2.75 bits per heavy atom. The van der Waals surface area contributed by atoms with Crippen molar-refractivity contribution in [1.29, 1.82) is 0 Å². The van der Waals surface area contributed by atoms with Crippen LogP contribution in [0.1, 0.15) is 6.92 Å². The van der Waals surface area contributed by atoms with E-state index in [4.69, 9.17) is 9.63 Å². The average Bonchev–Trinajstić information content (AvgIpc) is 1.66. The van der Waals surface area contributed by atoms with E-state index in [1.165, 1.54) is 0 Å². The van der Waals surface area contributed by atoms with Crippen molar-refractivity contribution in [3.63, 3.8) is 0 Å². The summed E-state index contributed by atoms with van der Waals surface area (Å²) in [5.74, 6) is 0. The molecule has 0 radical (unpaired) electrons. The fraction of sp³-hybridized carbons (Fsp3) is 1.00. The summed E-state index contributed by atoms with van der Waals surface area (Å²) in [5.41, 5.74) is 0. The summed E-state index contributed by atoms with van der Waals surface area (Å²) in [4.78, 5) is 8.21. The van der Waals surface area contributed by atoms with Gasteiger partial charge in [0.15, 0.2) is 0 Å². The summed E-state index contributed by atoms with van der Waals surface area (Å²) < 4.78 is 14.7. The summed E-state index contributed by atoms with van der Waals surface area (Å²) >= 11 is 0. The van der Waals surface area contributed by atoms with Crippen molar-refractivity contribution in [2.75, 3.05) is 19.4 Å². The molecule has 0 aliphatic heterocycles. The lowest BCUT2D eigenvalue weighted by Crippen LogP contribution is -1.94. The minimum Gasteiger partial charge on any atom is -0.377 e. The monoisotopic (exact) mass is 137 g/mol. The van der Waals surface area contributed by atoms with Crippen molar-refractivity contribution in [1.82, 2.24) is 0 Å². The third-order valence-corrected chi connectivity index (χ3v) is 1.20. The SMILES string of the molecule is CCOCC[P+](=O)O. The van der Waals surface area contributed by atoms with E-state index in [0.29, 0.717) is 13.2 Å². The molecule has 0 fully saturated rings. The Labute approximate surface area is 49.5 Å². The van der Waals surface area contributed by atoms with Crippen molar-refractivity contribution in [2.45, 2.75) is 6.92 Å². The van der Waals surface area contributed by atoms with E-state index in [1.54, 1.807) is 0 Å². The molecular formula is C4H10O3P+. The van der Waals surface area contributed by atoms with Crippen molar-refractivity contribution in [3.05, 3.63) is 0 Å². The molecular weight excluding hydrogens is 127 g/mol. The van der Waals surface area contributed by atoms with Gasteiger partial charge >= 0.3 is 8.03 Å². The number of ether oxygens (including phenoxy) is 1. The highest BCUT2D eigenvalue weighted by Gasteiger charge is 2.07. The van der Waals surface area contributed by atoms with Gasteiger partial charge in [-0.05, 0) is 11.5 Å². The van der Waals surface area contributed by atoms with Crippen LogP contribution in [0.5, 0.6) is 0 Å². The summed E-state index contributed by atoms with van der Waals surface area (Å²) in [7, 11) is -1.99. The summed E-state index contributed by atoms with van der Waals surface area (Å²) in [6.07, 6.45) is 0.253. The third-order valence-electron chi connectivity index (χ3n) is 0.631. The van der Waals surface area contributed by atoms with Gasteiger partial charge < -0.3 is 4.74 Å². The first-order valence-corrected chi connectivity index (χ1v) is 3.88. The topological polar surface area (TPSA) is 46.5 Å². The quantitative estimate of drug-likeness (QED) is 0.459. The van der Waals surface area contributed by atoms with Gasteiger partial charge in [-0.25, -0.2) is 0 Å². The smallest absolute Gasteiger partial charge is 0.377 e. The van der Waals surface area contributed by atoms with Gasteiger partial charge in [0.25, 0.3) is 0 Å². The normalized spacial score (nSPS) is 11.5. The molecule has 0 heterocycles. The van der Waals surface area contributed by atoms with Crippen LogP contribution in [0.15, 0.2) is 0 Å². The highest BCUT2D eigenvalue weighted by atomic mass is 31.1.